The molecular weight excluding hydrogens is 224 g/mol. The first-order valence-electron chi connectivity index (χ1n) is 4.00. The van der Waals surface area contributed by atoms with Crippen molar-refractivity contribution in [3.8, 4) is 0 Å². The van der Waals surface area contributed by atoms with E-state index < -0.39 is 0 Å². The van der Waals surface area contributed by atoms with E-state index in [2.05, 4.69) is 29.1 Å². The summed E-state index contributed by atoms with van der Waals surface area (Å²) in [5.41, 5.74) is 0. The van der Waals surface area contributed by atoms with Crippen molar-refractivity contribution in [2.75, 3.05) is 18.6 Å². The van der Waals surface area contributed by atoms with Gasteiger partial charge in [0.2, 0.25) is 0 Å². The molecule has 0 spiro atoms. The number of hydrogen-bond donors (Lipinski definition) is 0. The Hall–Kier alpha value is 0.790. The van der Waals surface area contributed by atoms with Crippen molar-refractivity contribution in [2.45, 2.75) is 24.3 Å². The Labute approximate surface area is 81.4 Å². The van der Waals surface area contributed by atoms with Crippen LogP contribution in [0.25, 0.3) is 0 Å². The molecule has 1 nitrogen and oxygen atoms in total. The van der Waals surface area contributed by atoms with Gasteiger partial charge in [0.05, 0.1) is 12.7 Å². The molecule has 3 heteroatoms. The standard InChI is InChI=1S/C8H15BrOS/c1-6-7(3-4-11-2)8(9)5-10-6/h6-8H,3-5H2,1-2H3. The normalized spacial score (nSPS) is 37.9. The molecule has 0 aromatic carbocycles. The molecule has 1 heterocycles. The number of thioether (sulfide) groups is 1. The van der Waals surface area contributed by atoms with Crippen molar-refractivity contribution < 1.29 is 4.74 Å². The minimum Gasteiger partial charge on any atom is -0.377 e. The van der Waals surface area contributed by atoms with Gasteiger partial charge in [0.15, 0.2) is 0 Å². The van der Waals surface area contributed by atoms with Crippen LogP contribution in [-0.4, -0.2) is 29.5 Å². The van der Waals surface area contributed by atoms with E-state index in [4.69, 9.17) is 4.74 Å². The van der Waals surface area contributed by atoms with Gasteiger partial charge < -0.3 is 4.74 Å². The maximum atomic E-state index is 5.52. The van der Waals surface area contributed by atoms with Crippen LogP contribution in [-0.2, 0) is 4.74 Å². The highest BCUT2D eigenvalue weighted by atomic mass is 79.9. The van der Waals surface area contributed by atoms with Crippen molar-refractivity contribution in [1.29, 1.82) is 0 Å². The van der Waals surface area contributed by atoms with Crippen molar-refractivity contribution in [3.63, 3.8) is 0 Å². The third-order valence-corrected chi connectivity index (χ3v) is 3.83. The van der Waals surface area contributed by atoms with Gasteiger partial charge in [-0.15, -0.1) is 0 Å². The van der Waals surface area contributed by atoms with Crippen LogP contribution in [0.5, 0.6) is 0 Å². The summed E-state index contributed by atoms with van der Waals surface area (Å²) in [6.45, 7) is 3.06. The summed E-state index contributed by atoms with van der Waals surface area (Å²) in [6, 6.07) is 0. The fourth-order valence-electron chi connectivity index (χ4n) is 1.45. The van der Waals surface area contributed by atoms with Crippen LogP contribution in [0.2, 0.25) is 0 Å². The second-order valence-corrected chi connectivity index (χ2v) is 5.16. The fourth-order valence-corrected chi connectivity index (χ4v) is 2.81. The summed E-state index contributed by atoms with van der Waals surface area (Å²) in [6.07, 6.45) is 3.88. The molecule has 11 heavy (non-hydrogen) atoms. The van der Waals surface area contributed by atoms with Gasteiger partial charge in [-0.3, -0.25) is 0 Å². The quantitative estimate of drug-likeness (QED) is 0.700. The lowest BCUT2D eigenvalue weighted by Crippen LogP contribution is -2.18. The van der Waals surface area contributed by atoms with E-state index in [1.54, 1.807) is 0 Å². The number of ether oxygens (including phenoxy) is 1. The Balaban J connectivity index is 2.29. The van der Waals surface area contributed by atoms with Crippen molar-refractivity contribution >= 4 is 27.7 Å². The van der Waals surface area contributed by atoms with E-state index in [0.717, 1.165) is 12.5 Å². The zero-order valence-electron chi connectivity index (χ0n) is 7.05. The molecule has 1 rings (SSSR count). The van der Waals surface area contributed by atoms with Crippen LogP contribution in [0, 0.1) is 5.92 Å². The number of rotatable bonds is 3. The third kappa shape index (κ3) is 2.63. The first kappa shape index (κ1) is 9.87. The summed E-state index contributed by atoms with van der Waals surface area (Å²) in [5.74, 6) is 1.97. The van der Waals surface area contributed by atoms with Crippen molar-refractivity contribution in [3.05, 3.63) is 0 Å². The third-order valence-electron chi connectivity index (χ3n) is 2.24. The summed E-state index contributed by atoms with van der Waals surface area (Å²) < 4.78 is 5.52. The van der Waals surface area contributed by atoms with E-state index >= 15 is 0 Å². The van der Waals surface area contributed by atoms with Gasteiger partial charge in [-0.2, -0.15) is 11.8 Å². The fraction of sp³-hybridized carbons (Fsp3) is 1.00. The minimum absolute atomic E-state index is 0.450. The molecular formula is C8H15BrOS. The van der Waals surface area contributed by atoms with Gasteiger partial charge in [-0.25, -0.2) is 0 Å². The second-order valence-electron chi connectivity index (χ2n) is 3.00. The molecule has 0 aromatic rings. The van der Waals surface area contributed by atoms with Gasteiger partial charge in [-0.05, 0) is 25.4 Å². The highest BCUT2D eigenvalue weighted by Crippen LogP contribution is 2.30. The van der Waals surface area contributed by atoms with E-state index in [-0.39, 0.29) is 0 Å². The minimum atomic E-state index is 0.450. The molecule has 0 bridgehead atoms. The molecule has 0 saturated carbocycles. The Morgan fingerprint density at radius 1 is 1.64 bits per heavy atom. The maximum Gasteiger partial charge on any atom is 0.0598 e. The first-order valence-corrected chi connectivity index (χ1v) is 6.31. The maximum absolute atomic E-state index is 5.52. The Bertz CT molecular complexity index is 111. The molecule has 0 aromatic heterocycles. The average molecular weight is 239 g/mol. The molecule has 1 saturated heterocycles. The first-order chi connectivity index (χ1) is 5.25. The van der Waals surface area contributed by atoms with Crippen LogP contribution < -0.4 is 0 Å². The summed E-state index contributed by atoms with van der Waals surface area (Å²) >= 11 is 5.56. The van der Waals surface area contributed by atoms with Gasteiger partial charge in [0.25, 0.3) is 0 Å². The van der Waals surface area contributed by atoms with Crippen LogP contribution in [0.4, 0.5) is 0 Å². The van der Waals surface area contributed by atoms with Crippen LogP contribution in [0.3, 0.4) is 0 Å². The highest BCUT2D eigenvalue weighted by Gasteiger charge is 2.31. The molecule has 0 aliphatic carbocycles. The molecule has 1 aliphatic heterocycles. The zero-order valence-corrected chi connectivity index (χ0v) is 9.45. The van der Waals surface area contributed by atoms with E-state index in [0.29, 0.717) is 10.9 Å². The topological polar surface area (TPSA) is 9.23 Å². The monoisotopic (exact) mass is 238 g/mol. The Kier molecular flexibility index (Phi) is 4.24. The second kappa shape index (κ2) is 4.73. The molecule has 1 fully saturated rings. The van der Waals surface area contributed by atoms with Crippen LogP contribution in [0.15, 0.2) is 0 Å². The van der Waals surface area contributed by atoms with Crippen molar-refractivity contribution in [1.82, 2.24) is 0 Å². The smallest absolute Gasteiger partial charge is 0.0598 e. The predicted molar refractivity (Wildman–Crippen MR) is 54.6 cm³/mol. The molecule has 3 atom stereocenters. The van der Waals surface area contributed by atoms with E-state index in [9.17, 15) is 0 Å². The van der Waals surface area contributed by atoms with E-state index in [1.165, 1.54) is 12.2 Å². The average Bonchev–Trinajstić information content (AvgIpc) is 2.29. The van der Waals surface area contributed by atoms with Gasteiger partial charge in [0.1, 0.15) is 0 Å². The van der Waals surface area contributed by atoms with Crippen molar-refractivity contribution in [2.24, 2.45) is 5.92 Å². The molecule has 66 valence electrons. The lowest BCUT2D eigenvalue weighted by Gasteiger charge is -2.15. The Morgan fingerprint density at radius 3 is 2.82 bits per heavy atom. The lowest BCUT2D eigenvalue weighted by atomic mass is 10.00. The number of halogens is 1. The molecule has 0 N–H and O–H groups in total. The summed E-state index contributed by atoms with van der Waals surface area (Å²) in [7, 11) is 0. The molecule has 1 aliphatic rings. The van der Waals surface area contributed by atoms with Crippen LogP contribution in [0.1, 0.15) is 13.3 Å². The van der Waals surface area contributed by atoms with Gasteiger partial charge in [-0.1, -0.05) is 15.9 Å². The molecule has 0 radical (unpaired) electrons. The van der Waals surface area contributed by atoms with Crippen LogP contribution >= 0.6 is 27.7 Å². The zero-order chi connectivity index (χ0) is 8.27. The van der Waals surface area contributed by atoms with E-state index in [1.807, 2.05) is 11.8 Å². The largest absolute Gasteiger partial charge is 0.377 e. The molecule has 3 unspecified atom stereocenters. The lowest BCUT2D eigenvalue weighted by molar-refractivity contribution is 0.105. The summed E-state index contributed by atoms with van der Waals surface area (Å²) in [4.78, 5) is 0.588. The number of hydrogen-bond acceptors (Lipinski definition) is 2. The highest BCUT2D eigenvalue weighted by molar-refractivity contribution is 9.09. The SMILES string of the molecule is CSCCC1C(Br)COC1C. The number of alkyl halides is 1. The Morgan fingerprint density at radius 2 is 2.36 bits per heavy atom. The predicted octanol–water partition coefficient (Wildman–Crippen LogP) is 2.54. The molecule has 0 amide bonds. The summed E-state index contributed by atoms with van der Waals surface area (Å²) in [5, 5.41) is 0. The van der Waals surface area contributed by atoms with Gasteiger partial charge >= 0.3 is 0 Å². The van der Waals surface area contributed by atoms with Gasteiger partial charge in [0, 0.05) is 10.7 Å².